The average Bonchev–Trinajstić information content (AvgIpc) is 2.81. The van der Waals surface area contributed by atoms with Crippen molar-refractivity contribution >= 4 is 18.0 Å². The number of piperidine rings is 1. The van der Waals surface area contributed by atoms with Crippen LogP contribution in [0.25, 0.3) is 0 Å². The molecule has 0 spiro atoms. The van der Waals surface area contributed by atoms with Crippen molar-refractivity contribution in [3.05, 3.63) is 23.3 Å². The SMILES string of the molecule is CCOC(=O)C1CN2CCc3cc(OC)c(OC)cc3C2CC1NC(=O)OC(C)(C)C.O=C(O)C(F)(F)F. The molecule has 1 aromatic rings. The lowest BCUT2D eigenvalue weighted by Crippen LogP contribution is -2.56. The van der Waals surface area contributed by atoms with Gasteiger partial charge in [-0.05, 0) is 63.8 Å². The van der Waals surface area contributed by atoms with Crippen molar-refractivity contribution in [2.45, 2.75) is 64.4 Å². The van der Waals surface area contributed by atoms with E-state index >= 15 is 0 Å². The average molecular weight is 549 g/mol. The summed E-state index contributed by atoms with van der Waals surface area (Å²) in [5, 5.41) is 10.1. The van der Waals surface area contributed by atoms with E-state index in [1.54, 1.807) is 21.1 Å². The number of hydrogen-bond acceptors (Lipinski definition) is 8. The third-order valence-electron chi connectivity index (χ3n) is 6.04. The van der Waals surface area contributed by atoms with Gasteiger partial charge in [0.05, 0.1) is 26.7 Å². The van der Waals surface area contributed by atoms with Crippen LogP contribution in [0.4, 0.5) is 18.0 Å². The van der Waals surface area contributed by atoms with E-state index in [4.69, 9.17) is 28.8 Å². The van der Waals surface area contributed by atoms with Crippen LogP contribution in [0, 0.1) is 5.92 Å². The predicted molar refractivity (Wildman–Crippen MR) is 129 cm³/mol. The lowest BCUT2D eigenvalue weighted by atomic mass is 9.80. The number of nitrogens with one attached hydrogen (secondary N) is 1. The number of carbonyl (C=O) groups is 3. The van der Waals surface area contributed by atoms with E-state index in [0.717, 1.165) is 18.5 Å². The Bertz CT molecular complexity index is 1010. The molecule has 1 aromatic carbocycles. The summed E-state index contributed by atoms with van der Waals surface area (Å²) in [7, 11) is 3.25. The fourth-order valence-electron chi connectivity index (χ4n) is 4.47. The number of carboxylic acid groups (broad SMARTS) is 1. The van der Waals surface area contributed by atoms with Crippen molar-refractivity contribution in [3.8, 4) is 11.5 Å². The number of hydrogen-bond donors (Lipinski definition) is 2. The summed E-state index contributed by atoms with van der Waals surface area (Å²) >= 11 is 0. The van der Waals surface area contributed by atoms with Gasteiger partial charge in [0.1, 0.15) is 5.60 Å². The van der Waals surface area contributed by atoms with Gasteiger partial charge in [0.15, 0.2) is 11.5 Å². The quantitative estimate of drug-likeness (QED) is 0.530. The molecule has 3 rings (SSSR count). The van der Waals surface area contributed by atoms with Crippen LogP contribution in [-0.2, 0) is 25.5 Å². The van der Waals surface area contributed by atoms with Crippen molar-refractivity contribution in [2.24, 2.45) is 5.92 Å². The van der Waals surface area contributed by atoms with Gasteiger partial charge in [-0.15, -0.1) is 0 Å². The molecule has 3 atom stereocenters. The number of ether oxygens (including phenoxy) is 4. The van der Waals surface area contributed by atoms with Crippen LogP contribution < -0.4 is 14.8 Å². The first kappa shape index (κ1) is 31.0. The van der Waals surface area contributed by atoms with E-state index in [0.29, 0.717) is 31.1 Å². The zero-order valence-electron chi connectivity index (χ0n) is 22.3. The highest BCUT2D eigenvalue weighted by Gasteiger charge is 2.44. The lowest BCUT2D eigenvalue weighted by molar-refractivity contribution is -0.192. The summed E-state index contributed by atoms with van der Waals surface area (Å²) in [6, 6.07) is 3.70. The summed E-state index contributed by atoms with van der Waals surface area (Å²) in [6.07, 6.45) is -4.18. The highest BCUT2D eigenvalue weighted by atomic mass is 19.4. The molecule has 13 heteroatoms. The Kier molecular flexibility index (Phi) is 10.2. The first-order valence-electron chi connectivity index (χ1n) is 12.1. The van der Waals surface area contributed by atoms with Crippen LogP contribution in [-0.4, -0.2) is 79.8 Å². The smallest absolute Gasteiger partial charge is 0.490 e. The van der Waals surface area contributed by atoms with Crippen LogP contribution in [0.1, 0.15) is 51.3 Å². The van der Waals surface area contributed by atoms with Crippen LogP contribution in [0.2, 0.25) is 0 Å². The molecular weight excluding hydrogens is 513 g/mol. The second-order valence-electron chi connectivity index (χ2n) is 9.82. The monoisotopic (exact) mass is 548 g/mol. The predicted octanol–water partition coefficient (Wildman–Crippen LogP) is 3.71. The number of alkyl carbamates (subject to hydrolysis) is 1. The van der Waals surface area contributed by atoms with E-state index in [1.165, 1.54) is 5.56 Å². The lowest BCUT2D eigenvalue weighted by Gasteiger charge is -2.46. The molecule has 1 amide bonds. The fourth-order valence-corrected chi connectivity index (χ4v) is 4.47. The van der Waals surface area contributed by atoms with Crippen LogP contribution in [0.5, 0.6) is 11.5 Å². The van der Waals surface area contributed by atoms with Crippen molar-refractivity contribution in [1.82, 2.24) is 10.2 Å². The molecule has 0 aliphatic carbocycles. The minimum atomic E-state index is -5.08. The van der Waals surface area contributed by atoms with E-state index in [1.807, 2.05) is 32.9 Å². The highest BCUT2D eigenvalue weighted by molar-refractivity contribution is 5.76. The molecule has 0 saturated carbocycles. The van der Waals surface area contributed by atoms with Gasteiger partial charge in [0.25, 0.3) is 0 Å². The first-order chi connectivity index (χ1) is 17.6. The number of carbonyl (C=O) groups excluding carboxylic acids is 2. The zero-order valence-corrected chi connectivity index (χ0v) is 22.3. The minimum Gasteiger partial charge on any atom is -0.493 e. The van der Waals surface area contributed by atoms with Gasteiger partial charge in [-0.3, -0.25) is 9.69 Å². The summed E-state index contributed by atoms with van der Waals surface area (Å²) in [5.74, 6) is -2.12. The Morgan fingerprint density at radius 3 is 2.18 bits per heavy atom. The maximum atomic E-state index is 12.7. The fraction of sp³-hybridized carbons (Fsp3) is 0.640. The Morgan fingerprint density at radius 1 is 1.11 bits per heavy atom. The number of nitrogens with zero attached hydrogens (tertiary/aromatic N) is 1. The normalized spacial score (nSPS) is 21.0. The molecule has 1 fully saturated rings. The maximum absolute atomic E-state index is 12.7. The number of fused-ring (bicyclic) bond motifs is 3. The maximum Gasteiger partial charge on any atom is 0.490 e. The number of benzene rings is 1. The third kappa shape index (κ3) is 8.14. The molecule has 2 N–H and O–H groups in total. The van der Waals surface area contributed by atoms with E-state index < -0.39 is 35.8 Å². The molecule has 214 valence electrons. The molecule has 2 heterocycles. The molecule has 2 aliphatic heterocycles. The van der Waals surface area contributed by atoms with Gasteiger partial charge in [-0.2, -0.15) is 13.2 Å². The number of esters is 1. The molecule has 1 saturated heterocycles. The van der Waals surface area contributed by atoms with Crippen molar-refractivity contribution in [1.29, 1.82) is 0 Å². The zero-order chi connectivity index (χ0) is 28.8. The minimum absolute atomic E-state index is 0.0502. The van der Waals surface area contributed by atoms with Crippen molar-refractivity contribution in [3.63, 3.8) is 0 Å². The Labute approximate surface area is 219 Å². The Hall–Kier alpha value is -3.22. The van der Waals surface area contributed by atoms with Crippen molar-refractivity contribution in [2.75, 3.05) is 33.9 Å². The van der Waals surface area contributed by atoms with E-state index in [2.05, 4.69) is 10.2 Å². The summed E-state index contributed by atoms with van der Waals surface area (Å²) < 4.78 is 53.5. The molecule has 38 heavy (non-hydrogen) atoms. The van der Waals surface area contributed by atoms with Crippen LogP contribution in [0.3, 0.4) is 0 Å². The van der Waals surface area contributed by atoms with Crippen LogP contribution >= 0.6 is 0 Å². The number of alkyl halides is 3. The summed E-state index contributed by atoms with van der Waals surface area (Å²) in [5.41, 5.74) is 1.72. The molecular formula is C25H35F3N2O8. The van der Waals surface area contributed by atoms with Crippen LogP contribution in [0.15, 0.2) is 12.1 Å². The molecule has 0 radical (unpaired) electrons. The summed E-state index contributed by atoms with van der Waals surface area (Å²) in [4.78, 5) is 36.4. The molecule has 3 unspecified atom stereocenters. The van der Waals surface area contributed by atoms with Gasteiger partial charge in [0.2, 0.25) is 0 Å². The number of rotatable bonds is 5. The summed E-state index contributed by atoms with van der Waals surface area (Å²) in [6.45, 7) is 8.87. The first-order valence-corrected chi connectivity index (χ1v) is 12.1. The van der Waals surface area contributed by atoms with Gasteiger partial charge in [-0.1, -0.05) is 0 Å². The van der Waals surface area contributed by atoms with Gasteiger partial charge in [0, 0.05) is 25.2 Å². The Balaban J connectivity index is 0.000000638. The molecule has 0 aromatic heterocycles. The largest absolute Gasteiger partial charge is 0.493 e. The standard InChI is InChI=1S/C23H34N2O6.C2HF3O2/c1-7-30-21(26)16-13-25-9-8-14-10-19(28-5)20(29-6)11-15(14)18(25)12-17(16)24-22(27)31-23(2,3)4;3-2(4,5)1(6)7/h10-11,16-18H,7-9,12-13H2,1-6H3,(H,24,27);(H,6,7). The second kappa shape index (κ2) is 12.5. The molecule has 2 aliphatic rings. The van der Waals surface area contributed by atoms with E-state index in [9.17, 15) is 22.8 Å². The van der Waals surface area contributed by atoms with Gasteiger partial charge in [-0.25, -0.2) is 9.59 Å². The highest BCUT2D eigenvalue weighted by Crippen LogP contribution is 2.43. The molecule has 0 bridgehead atoms. The van der Waals surface area contributed by atoms with Crippen molar-refractivity contribution < 1.29 is 51.6 Å². The number of methoxy groups -OCH3 is 2. The number of halogens is 3. The number of aliphatic carboxylic acids is 1. The topological polar surface area (TPSA) is 124 Å². The number of amides is 1. The number of carboxylic acids is 1. The van der Waals surface area contributed by atoms with Gasteiger partial charge < -0.3 is 29.4 Å². The third-order valence-corrected chi connectivity index (χ3v) is 6.04. The van der Waals surface area contributed by atoms with Gasteiger partial charge >= 0.3 is 24.2 Å². The molecule has 10 nitrogen and oxygen atoms in total. The second-order valence-corrected chi connectivity index (χ2v) is 9.82. The Morgan fingerprint density at radius 2 is 1.68 bits per heavy atom. The van der Waals surface area contributed by atoms with E-state index in [-0.39, 0.29) is 12.0 Å².